The van der Waals surface area contributed by atoms with Gasteiger partial charge in [-0.05, 0) is 18.2 Å². The molecule has 0 atom stereocenters. The third-order valence-corrected chi connectivity index (χ3v) is 1.03. The molecule has 0 unspecified atom stereocenters. The minimum absolute atomic E-state index is 0.247. The van der Waals surface area contributed by atoms with Gasteiger partial charge in [-0.2, -0.15) is 0 Å². The van der Waals surface area contributed by atoms with E-state index >= 15 is 0 Å². The van der Waals surface area contributed by atoms with Crippen molar-refractivity contribution in [3.05, 3.63) is 37.1 Å². The van der Waals surface area contributed by atoms with E-state index in [4.69, 9.17) is 0 Å². The van der Waals surface area contributed by atoms with Crippen LogP contribution in [0.4, 0.5) is 10.1 Å². The molecule has 47 valence electrons. The molecule has 1 rings (SSSR count). The Morgan fingerprint density at radius 1 is 1.44 bits per heavy atom. The first-order valence-electron chi connectivity index (χ1n) is 2.61. The van der Waals surface area contributed by atoms with Crippen molar-refractivity contribution in [2.24, 2.45) is 0 Å². The maximum atomic E-state index is 12.3. The van der Waals surface area contributed by atoms with Crippen LogP contribution in [0.2, 0.25) is 0 Å². The zero-order valence-corrected chi connectivity index (χ0v) is 4.89. The van der Waals surface area contributed by atoms with Gasteiger partial charge in [0.2, 0.25) is 0 Å². The molecule has 0 heterocycles. The zero-order valence-electron chi connectivity index (χ0n) is 4.89. The van der Waals surface area contributed by atoms with Gasteiger partial charge in [0.25, 0.3) is 0 Å². The van der Waals surface area contributed by atoms with Gasteiger partial charge in [-0.15, -0.1) is 0 Å². The second-order valence-electron chi connectivity index (χ2n) is 1.69. The highest BCUT2D eigenvalue weighted by molar-refractivity contribution is 5.42. The molecule has 1 N–H and O–H groups in total. The van der Waals surface area contributed by atoms with Crippen molar-refractivity contribution >= 4 is 5.69 Å². The second-order valence-corrected chi connectivity index (χ2v) is 1.69. The van der Waals surface area contributed by atoms with Crippen LogP contribution in [0.15, 0.2) is 24.3 Å². The van der Waals surface area contributed by atoms with Crippen LogP contribution in [0, 0.1) is 12.9 Å². The van der Waals surface area contributed by atoms with Gasteiger partial charge in [0, 0.05) is 12.7 Å². The molecule has 0 aliphatic carbocycles. The number of rotatable bonds is 1. The van der Waals surface area contributed by atoms with E-state index < -0.39 is 0 Å². The van der Waals surface area contributed by atoms with E-state index in [-0.39, 0.29) is 5.82 Å². The fourth-order valence-electron chi connectivity index (χ4n) is 0.598. The molecule has 0 saturated heterocycles. The van der Waals surface area contributed by atoms with Crippen molar-refractivity contribution in [1.29, 1.82) is 0 Å². The summed E-state index contributed by atoms with van der Waals surface area (Å²) in [7, 11) is 3.38. The van der Waals surface area contributed by atoms with Gasteiger partial charge in [-0.1, -0.05) is 6.07 Å². The lowest BCUT2D eigenvalue weighted by molar-refractivity contribution is 0.628. The van der Waals surface area contributed by atoms with Crippen molar-refractivity contribution in [2.45, 2.75) is 0 Å². The Kier molecular flexibility index (Phi) is 1.68. The van der Waals surface area contributed by atoms with Crippen LogP contribution in [0.25, 0.3) is 0 Å². The normalized spacial score (nSPS) is 9.11. The molecule has 0 saturated carbocycles. The highest BCUT2D eigenvalue weighted by Gasteiger charge is 1.88. The first-order valence-corrected chi connectivity index (χ1v) is 2.61. The van der Waals surface area contributed by atoms with E-state index in [1.807, 2.05) is 0 Å². The largest absolute Gasteiger partial charge is 0.383 e. The summed E-state index contributed by atoms with van der Waals surface area (Å²) in [5, 5.41) is 2.58. The third kappa shape index (κ3) is 1.42. The molecule has 0 spiro atoms. The van der Waals surface area contributed by atoms with E-state index in [1.54, 1.807) is 12.1 Å². The summed E-state index contributed by atoms with van der Waals surface area (Å²) >= 11 is 0. The summed E-state index contributed by atoms with van der Waals surface area (Å²) in [6.45, 7) is 0. The first kappa shape index (κ1) is 6.08. The van der Waals surface area contributed by atoms with E-state index in [2.05, 4.69) is 12.4 Å². The van der Waals surface area contributed by atoms with Crippen LogP contribution in [-0.2, 0) is 0 Å². The smallest absolute Gasteiger partial charge is 0.125 e. The Bertz CT molecular complexity index is 198. The lowest BCUT2D eigenvalue weighted by Crippen LogP contribution is -1.83. The number of benzene rings is 1. The molecule has 9 heavy (non-hydrogen) atoms. The summed E-state index contributed by atoms with van der Waals surface area (Å²) < 4.78 is 12.3. The van der Waals surface area contributed by atoms with E-state index in [0.29, 0.717) is 5.69 Å². The van der Waals surface area contributed by atoms with Crippen molar-refractivity contribution in [1.82, 2.24) is 0 Å². The quantitative estimate of drug-likeness (QED) is 0.604. The zero-order chi connectivity index (χ0) is 6.69. The number of halogens is 1. The van der Waals surface area contributed by atoms with E-state index in [0.717, 1.165) is 0 Å². The molecule has 0 aliphatic heterocycles. The van der Waals surface area contributed by atoms with Crippen molar-refractivity contribution in [3.63, 3.8) is 0 Å². The molecule has 2 heteroatoms. The Balaban J connectivity index is 2.94. The van der Waals surface area contributed by atoms with Gasteiger partial charge in [0.1, 0.15) is 5.82 Å². The summed E-state index contributed by atoms with van der Waals surface area (Å²) in [5.41, 5.74) is 0.690. The molecule has 1 aromatic carbocycles. The van der Waals surface area contributed by atoms with Gasteiger partial charge in [0.15, 0.2) is 0 Å². The minimum Gasteiger partial charge on any atom is -0.383 e. The summed E-state index contributed by atoms with van der Waals surface area (Å²) in [4.78, 5) is 0. The van der Waals surface area contributed by atoms with Crippen molar-refractivity contribution < 1.29 is 4.39 Å². The molecular formula is C7H7FN. The first-order chi connectivity index (χ1) is 4.33. The van der Waals surface area contributed by atoms with Crippen LogP contribution in [-0.4, -0.2) is 0 Å². The average Bonchev–Trinajstić information content (AvgIpc) is 1.88. The summed E-state index contributed by atoms with van der Waals surface area (Å²) in [5.74, 6) is -0.247. The number of anilines is 1. The Morgan fingerprint density at radius 2 is 2.22 bits per heavy atom. The van der Waals surface area contributed by atoms with Gasteiger partial charge < -0.3 is 5.32 Å². The summed E-state index contributed by atoms with van der Waals surface area (Å²) in [6, 6.07) is 6.15. The molecule has 1 nitrogen and oxygen atoms in total. The fraction of sp³-hybridized carbons (Fsp3) is 0. The molecular weight excluding hydrogens is 117 g/mol. The van der Waals surface area contributed by atoms with E-state index in [9.17, 15) is 4.39 Å². The molecule has 0 aromatic heterocycles. The highest BCUT2D eigenvalue weighted by Crippen LogP contribution is 2.07. The highest BCUT2D eigenvalue weighted by atomic mass is 19.1. The number of hydrogen-bond acceptors (Lipinski definition) is 1. The molecule has 1 radical (unpaired) electrons. The van der Waals surface area contributed by atoms with E-state index in [1.165, 1.54) is 12.1 Å². The minimum atomic E-state index is -0.247. The molecule has 1 aromatic rings. The maximum Gasteiger partial charge on any atom is 0.125 e. The van der Waals surface area contributed by atoms with Crippen molar-refractivity contribution in [2.75, 3.05) is 5.32 Å². The average molecular weight is 124 g/mol. The topological polar surface area (TPSA) is 12.0 Å². The summed E-state index contributed by atoms with van der Waals surface area (Å²) in [6.07, 6.45) is 0. The third-order valence-electron chi connectivity index (χ3n) is 1.03. The Morgan fingerprint density at radius 3 is 2.67 bits per heavy atom. The standard InChI is InChI=1S/C7H7FN/c1-9-7-4-2-3-6(8)5-7/h2-5,9H,1H2. The molecule has 0 bridgehead atoms. The van der Waals surface area contributed by atoms with Gasteiger partial charge in [0.05, 0.1) is 0 Å². The molecule has 0 fully saturated rings. The van der Waals surface area contributed by atoms with Crippen molar-refractivity contribution in [3.8, 4) is 0 Å². The van der Waals surface area contributed by atoms with Gasteiger partial charge in [-0.3, -0.25) is 0 Å². The SMILES string of the molecule is [CH2]Nc1cccc(F)c1. The predicted molar refractivity (Wildman–Crippen MR) is 35.4 cm³/mol. The number of hydrogen-bond donors (Lipinski definition) is 1. The lowest BCUT2D eigenvalue weighted by atomic mass is 10.3. The van der Waals surface area contributed by atoms with Crippen LogP contribution in [0.1, 0.15) is 0 Å². The predicted octanol–water partition coefficient (Wildman–Crippen LogP) is 2.03. The fourth-order valence-corrected chi connectivity index (χ4v) is 0.598. The monoisotopic (exact) mass is 124 g/mol. The molecule has 0 amide bonds. The molecule has 0 aliphatic rings. The number of nitrogens with one attached hydrogen (secondary N) is 1. The van der Waals surface area contributed by atoms with Gasteiger partial charge in [-0.25, -0.2) is 4.39 Å². The second kappa shape index (κ2) is 2.49. The van der Waals surface area contributed by atoms with Crippen LogP contribution in [0.3, 0.4) is 0 Å². The van der Waals surface area contributed by atoms with Crippen LogP contribution >= 0.6 is 0 Å². The van der Waals surface area contributed by atoms with Gasteiger partial charge >= 0.3 is 0 Å². The Labute approximate surface area is 53.5 Å². The van der Waals surface area contributed by atoms with Crippen LogP contribution < -0.4 is 5.32 Å². The Hall–Kier alpha value is -1.05. The van der Waals surface area contributed by atoms with Crippen LogP contribution in [0.5, 0.6) is 0 Å². The lowest BCUT2D eigenvalue weighted by Gasteiger charge is -1.95. The maximum absolute atomic E-state index is 12.3.